The smallest absolute Gasteiger partial charge is 0.254 e. The monoisotopic (exact) mass is 543 g/mol. The lowest BCUT2D eigenvalue weighted by molar-refractivity contribution is -0.115. The van der Waals surface area contributed by atoms with Gasteiger partial charge in [0.2, 0.25) is 5.91 Å². The minimum Gasteiger partial charge on any atom is -0.368 e. The van der Waals surface area contributed by atoms with E-state index in [1.165, 1.54) is 12.1 Å². The first kappa shape index (κ1) is 27.3. The number of benzene rings is 3. The van der Waals surface area contributed by atoms with Gasteiger partial charge in [-0.1, -0.05) is 36.4 Å². The fourth-order valence-corrected chi connectivity index (χ4v) is 5.24. The van der Waals surface area contributed by atoms with Crippen molar-refractivity contribution in [1.82, 2.24) is 15.1 Å². The molecule has 9 heteroatoms. The van der Waals surface area contributed by atoms with Crippen LogP contribution in [0.2, 0.25) is 0 Å². The summed E-state index contributed by atoms with van der Waals surface area (Å²) in [6.07, 6.45) is 0.923. The third kappa shape index (κ3) is 6.66. The van der Waals surface area contributed by atoms with E-state index in [1.807, 2.05) is 47.4 Å². The van der Waals surface area contributed by atoms with Crippen molar-refractivity contribution in [1.29, 1.82) is 0 Å². The van der Waals surface area contributed by atoms with Crippen molar-refractivity contribution in [2.45, 2.75) is 12.8 Å². The zero-order valence-corrected chi connectivity index (χ0v) is 22.4. The number of hydrogen-bond donors (Lipinski definition) is 2. The predicted octanol–water partition coefficient (Wildman–Crippen LogP) is 3.40. The van der Waals surface area contributed by atoms with Gasteiger partial charge in [0.1, 0.15) is 5.82 Å². The molecule has 0 aliphatic carbocycles. The highest BCUT2D eigenvalue weighted by Gasteiger charge is 2.24. The minimum atomic E-state index is -0.436. The summed E-state index contributed by atoms with van der Waals surface area (Å²) in [5.74, 6) is -0.866. The molecule has 208 valence electrons. The van der Waals surface area contributed by atoms with E-state index >= 15 is 0 Å². The molecule has 8 nitrogen and oxygen atoms in total. The quantitative estimate of drug-likeness (QED) is 0.498. The normalized spacial score (nSPS) is 15.9. The molecular formula is C31H34FN5O3. The number of rotatable bonds is 6. The second-order valence-electron chi connectivity index (χ2n) is 10.1. The van der Waals surface area contributed by atoms with Crippen LogP contribution in [0.15, 0.2) is 72.8 Å². The SMILES string of the molecule is O=C(Cc1ccccc1)Nc1cc(C(=O)N2CCNCC2)ccc1N1CCCN(C(=O)c2cccc(F)c2)CC1. The largest absolute Gasteiger partial charge is 0.368 e. The lowest BCUT2D eigenvalue weighted by Crippen LogP contribution is -2.46. The molecule has 3 aromatic rings. The molecule has 0 atom stereocenters. The topological polar surface area (TPSA) is 85.0 Å². The van der Waals surface area contributed by atoms with E-state index < -0.39 is 5.82 Å². The number of amides is 3. The number of nitrogens with one attached hydrogen (secondary N) is 2. The van der Waals surface area contributed by atoms with Gasteiger partial charge in [-0.3, -0.25) is 14.4 Å². The number of nitrogens with zero attached hydrogens (tertiary/aromatic N) is 3. The van der Waals surface area contributed by atoms with Crippen LogP contribution in [0.1, 0.15) is 32.7 Å². The van der Waals surface area contributed by atoms with Gasteiger partial charge in [0.05, 0.1) is 17.8 Å². The number of anilines is 2. The molecule has 2 saturated heterocycles. The molecule has 0 unspecified atom stereocenters. The molecule has 3 aromatic carbocycles. The molecule has 2 aliphatic rings. The molecule has 2 fully saturated rings. The lowest BCUT2D eigenvalue weighted by Gasteiger charge is -2.29. The average molecular weight is 544 g/mol. The number of halogens is 1. The molecule has 0 radical (unpaired) electrons. The summed E-state index contributed by atoms with van der Waals surface area (Å²) in [6.45, 7) is 4.98. The number of piperazine rings is 1. The van der Waals surface area contributed by atoms with E-state index in [4.69, 9.17) is 0 Å². The van der Waals surface area contributed by atoms with Gasteiger partial charge >= 0.3 is 0 Å². The first-order chi connectivity index (χ1) is 19.5. The Kier molecular flexibility index (Phi) is 8.71. The van der Waals surface area contributed by atoms with Crippen LogP contribution in [0.3, 0.4) is 0 Å². The minimum absolute atomic E-state index is 0.0608. The summed E-state index contributed by atoms with van der Waals surface area (Å²) in [7, 11) is 0. The average Bonchev–Trinajstić information content (AvgIpc) is 3.23. The first-order valence-electron chi connectivity index (χ1n) is 13.8. The van der Waals surface area contributed by atoms with Gasteiger partial charge in [0, 0.05) is 63.5 Å². The van der Waals surface area contributed by atoms with Gasteiger partial charge in [0.25, 0.3) is 11.8 Å². The summed E-state index contributed by atoms with van der Waals surface area (Å²) < 4.78 is 13.7. The van der Waals surface area contributed by atoms with Crippen LogP contribution in [-0.2, 0) is 11.2 Å². The van der Waals surface area contributed by atoms with Gasteiger partial charge in [-0.2, -0.15) is 0 Å². The zero-order valence-electron chi connectivity index (χ0n) is 22.4. The van der Waals surface area contributed by atoms with Crippen molar-refractivity contribution in [2.75, 3.05) is 62.6 Å². The van der Waals surface area contributed by atoms with Crippen LogP contribution in [0.25, 0.3) is 0 Å². The molecule has 5 rings (SSSR count). The van der Waals surface area contributed by atoms with Crippen molar-refractivity contribution < 1.29 is 18.8 Å². The summed E-state index contributed by atoms with van der Waals surface area (Å²) in [5.41, 5.74) is 3.14. The van der Waals surface area contributed by atoms with Crippen LogP contribution in [0, 0.1) is 5.82 Å². The third-order valence-electron chi connectivity index (χ3n) is 7.32. The second kappa shape index (κ2) is 12.7. The Morgan fingerprint density at radius 2 is 1.48 bits per heavy atom. The van der Waals surface area contributed by atoms with Gasteiger partial charge < -0.3 is 25.3 Å². The maximum Gasteiger partial charge on any atom is 0.254 e. The standard InChI is InChI=1S/C31H34FN5O3/c32-26-9-4-8-24(21-26)30(39)36-15-5-14-35(18-19-36)28-11-10-25(31(40)37-16-12-33-13-17-37)22-27(28)34-29(38)20-23-6-2-1-3-7-23/h1-4,6-11,21-22,33H,5,12-20H2,(H,34,38). The predicted molar refractivity (Wildman–Crippen MR) is 153 cm³/mol. The third-order valence-corrected chi connectivity index (χ3v) is 7.32. The molecule has 3 amide bonds. The van der Waals surface area contributed by atoms with Gasteiger partial charge in [0.15, 0.2) is 0 Å². The Morgan fingerprint density at radius 1 is 0.750 bits per heavy atom. The van der Waals surface area contributed by atoms with E-state index in [1.54, 1.807) is 23.1 Å². The van der Waals surface area contributed by atoms with Crippen molar-refractivity contribution in [3.05, 3.63) is 95.3 Å². The van der Waals surface area contributed by atoms with Crippen LogP contribution >= 0.6 is 0 Å². The molecule has 40 heavy (non-hydrogen) atoms. The second-order valence-corrected chi connectivity index (χ2v) is 10.1. The highest BCUT2D eigenvalue weighted by Crippen LogP contribution is 2.29. The van der Waals surface area contributed by atoms with Crippen molar-refractivity contribution in [3.63, 3.8) is 0 Å². The van der Waals surface area contributed by atoms with Crippen LogP contribution in [0.5, 0.6) is 0 Å². The Bertz CT molecular complexity index is 1360. The van der Waals surface area contributed by atoms with E-state index in [0.717, 1.165) is 24.3 Å². The number of carbonyl (C=O) groups is 3. The Hall–Kier alpha value is -4.24. The summed E-state index contributed by atoms with van der Waals surface area (Å²) in [6, 6.07) is 20.7. The molecule has 2 heterocycles. The fourth-order valence-electron chi connectivity index (χ4n) is 5.24. The Labute approximate surface area is 233 Å². The Morgan fingerprint density at radius 3 is 2.23 bits per heavy atom. The zero-order chi connectivity index (χ0) is 27.9. The van der Waals surface area contributed by atoms with Crippen molar-refractivity contribution in [3.8, 4) is 0 Å². The molecule has 0 spiro atoms. The highest BCUT2D eigenvalue weighted by molar-refractivity contribution is 6.00. The lowest BCUT2D eigenvalue weighted by atomic mass is 10.1. The van der Waals surface area contributed by atoms with Gasteiger partial charge in [-0.25, -0.2) is 4.39 Å². The van der Waals surface area contributed by atoms with E-state index in [2.05, 4.69) is 15.5 Å². The summed E-state index contributed by atoms with van der Waals surface area (Å²) >= 11 is 0. The van der Waals surface area contributed by atoms with Crippen molar-refractivity contribution >= 4 is 29.1 Å². The van der Waals surface area contributed by atoms with Crippen LogP contribution < -0.4 is 15.5 Å². The Balaban J connectivity index is 1.36. The fraction of sp³-hybridized carbons (Fsp3) is 0.323. The maximum absolute atomic E-state index is 13.7. The molecule has 0 saturated carbocycles. The summed E-state index contributed by atoms with van der Waals surface area (Å²) in [4.78, 5) is 45.1. The van der Waals surface area contributed by atoms with Gasteiger partial charge in [-0.05, 0) is 48.4 Å². The molecule has 2 aliphatic heterocycles. The van der Waals surface area contributed by atoms with Crippen LogP contribution in [0.4, 0.5) is 15.8 Å². The summed E-state index contributed by atoms with van der Waals surface area (Å²) in [5, 5.41) is 6.32. The molecule has 0 bridgehead atoms. The molecule has 0 aromatic heterocycles. The van der Waals surface area contributed by atoms with E-state index in [0.29, 0.717) is 62.5 Å². The maximum atomic E-state index is 13.7. The van der Waals surface area contributed by atoms with E-state index in [9.17, 15) is 18.8 Å². The number of carbonyl (C=O) groups excluding carboxylic acids is 3. The highest BCUT2D eigenvalue weighted by atomic mass is 19.1. The number of hydrogen-bond acceptors (Lipinski definition) is 5. The molecular weight excluding hydrogens is 509 g/mol. The van der Waals surface area contributed by atoms with Crippen LogP contribution in [-0.4, -0.2) is 79.9 Å². The van der Waals surface area contributed by atoms with Gasteiger partial charge in [-0.15, -0.1) is 0 Å². The van der Waals surface area contributed by atoms with E-state index in [-0.39, 0.29) is 24.1 Å². The first-order valence-corrected chi connectivity index (χ1v) is 13.8. The van der Waals surface area contributed by atoms with Crippen molar-refractivity contribution in [2.24, 2.45) is 0 Å². The molecule has 2 N–H and O–H groups in total.